The van der Waals surface area contributed by atoms with Gasteiger partial charge in [-0.3, -0.25) is 4.79 Å². The molecule has 0 saturated carbocycles. The normalized spacial score (nSPS) is 15.4. The highest BCUT2D eigenvalue weighted by molar-refractivity contribution is 5.77. The van der Waals surface area contributed by atoms with Crippen molar-refractivity contribution < 1.29 is 41.4 Å². The average molecular weight is 551 g/mol. The molecule has 0 radical (unpaired) electrons. The molecule has 11 heteroatoms. The van der Waals surface area contributed by atoms with Crippen LogP contribution in [0.2, 0.25) is 0 Å². The second-order valence-corrected chi connectivity index (χ2v) is 8.98. The zero-order chi connectivity index (χ0) is 28.6. The van der Waals surface area contributed by atoms with E-state index in [9.17, 15) is 26.7 Å². The van der Waals surface area contributed by atoms with Gasteiger partial charge >= 0.3 is 12.1 Å². The van der Waals surface area contributed by atoms with Gasteiger partial charge in [0.25, 0.3) is 0 Å². The van der Waals surface area contributed by atoms with Gasteiger partial charge in [0.2, 0.25) is 5.91 Å². The monoisotopic (exact) mass is 550 g/mol. The number of alkyl halides is 3. The fourth-order valence-electron chi connectivity index (χ4n) is 4.14. The number of rotatable bonds is 7. The minimum Gasteiger partial charge on any atom is -0.491 e. The van der Waals surface area contributed by atoms with Gasteiger partial charge < -0.3 is 20.5 Å². The first-order valence-corrected chi connectivity index (χ1v) is 12.0. The summed E-state index contributed by atoms with van der Waals surface area (Å²) in [7, 11) is 0. The number of nitrogens with zero attached hydrogens (tertiary/aromatic N) is 1. The molecule has 3 N–H and O–H groups in total. The molecule has 3 aromatic rings. The van der Waals surface area contributed by atoms with Crippen molar-refractivity contribution in [2.75, 3.05) is 6.61 Å². The Bertz CT molecular complexity index is 1280. The number of nitrogens with two attached hydrogens (primary N) is 1. The number of ether oxygens (including phenoxy) is 1. The average Bonchev–Trinajstić information content (AvgIpc) is 2.88. The quantitative estimate of drug-likeness (QED) is 0.409. The fourth-order valence-corrected chi connectivity index (χ4v) is 4.14. The molecule has 208 valence electrons. The molecule has 6 nitrogen and oxygen atoms in total. The number of carbonyl (C=O) groups excluding carboxylic acids is 1. The molecule has 1 heterocycles. The summed E-state index contributed by atoms with van der Waals surface area (Å²) >= 11 is 0. The van der Waals surface area contributed by atoms with E-state index >= 15 is 0 Å². The van der Waals surface area contributed by atoms with Gasteiger partial charge in [-0.05, 0) is 47.7 Å². The van der Waals surface area contributed by atoms with Crippen LogP contribution in [0.15, 0.2) is 72.8 Å². The molecular formula is C28H27F5N2O4. The smallest absolute Gasteiger partial charge is 0.490 e. The zero-order valence-electron chi connectivity index (χ0n) is 20.7. The zero-order valence-corrected chi connectivity index (χ0v) is 20.7. The summed E-state index contributed by atoms with van der Waals surface area (Å²) in [6.07, 6.45) is -4.06. The molecule has 4 rings (SSSR count). The third kappa shape index (κ3) is 8.78. The number of benzene rings is 3. The SMILES string of the molecule is NC(CC(=O)N1Cc2ccccc2CC1COc1cccc(F)c1)Cc1ccccc1F.O=C(O)C(F)(F)F. The van der Waals surface area contributed by atoms with Crippen LogP contribution in [0.5, 0.6) is 5.75 Å². The summed E-state index contributed by atoms with van der Waals surface area (Å²) in [6.45, 7) is 0.699. The Morgan fingerprint density at radius 2 is 1.64 bits per heavy atom. The lowest BCUT2D eigenvalue weighted by molar-refractivity contribution is -0.192. The molecule has 1 aliphatic rings. The van der Waals surface area contributed by atoms with E-state index in [0.717, 1.165) is 5.56 Å². The summed E-state index contributed by atoms with van der Waals surface area (Å²) in [5.41, 5.74) is 8.97. The van der Waals surface area contributed by atoms with Gasteiger partial charge in [-0.2, -0.15) is 13.2 Å². The van der Waals surface area contributed by atoms with Crippen molar-refractivity contribution in [3.63, 3.8) is 0 Å². The van der Waals surface area contributed by atoms with Crippen LogP contribution < -0.4 is 10.5 Å². The number of amides is 1. The van der Waals surface area contributed by atoms with Gasteiger partial charge in [0.15, 0.2) is 0 Å². The topological polar surface area (TPSA) is 92.9 Å². The number of aliphatic carboxylic acids is 1. The van der Waals surface area contributed by atoms with Crippen molar-refractivity contribution in [1.82, 2.24) is 4.90 Å². The second-order valence-electron chi connectivity index (χ2n) is 8.98. The van der Waals surface area contributed by atoms with E-state index in [2.05, 4.69) is 6.07 Å². The molecule has 2 unspecified atom stereocenters. The van der Waals surface area contributed by atoms with Crippen LogP contribution in [0.4, 0.5) is 22.0 Å². The maximum Gasteiger partial charge on any atom is 0.490 e. The summed E-state index contributed by atoms with van der Waals surface area (Å²) in [5.74, 6) is -3.12. The van der Waals surface area contributed by atoms with Crippen LogP contribution in [0, 0.1) is 11.6 Å². The maximum absolute atomic E-state index is 14.0. The van der Waals surface area contributed by atoms with Crippen LogP contribution in [0.3, 0.4) is 0 Å². The molecule has 1 aliphatic heterocycles. The first kappa shape index (κ1) is 29.6. The van der Waals surface area contributed by atoms with Crippen molar-refractivity contribution in [3.05, 3.63) is 101 Å². The van der Waals surface area contributed by atoms with E-state index in [1.165, 1.54) is 23.8 Å². The lowest BCUT2D eigenvalue weighted by Gasteiger charge is -2.37. The van der Waals surface area contributed by atoms with Crippen LogP contribution in [-0.2, 0) is 29.0 Å². The molecular weight excluding hydrogens is 523 g/mol. The first-order valence-electron chi connectivity index (χ1n) is 12.0. The van der Waals surface area contributed by atoms with Crippen LogP contribution >= 0.6 is 0 Å². The predicted octanol–water partition coefficient (Wildman–Crippen LogP) is 4.89. The molecule has 0 saturated heterocycles. The highest BCUT2D eigenvalue weighted by Crippen LogP contribution is 2.25. The van der Waals surface area contributed by atoms with Crippen LogP contribution in [-0.4, -0.2) is 46.7 Å². The van der Waals surface area contributed by atoms with Crippen LogP contribution in [0.1, 0.15) is 23.1 Å². The van der Waals surface area contributed by atoms with Gasteiger partial charge in [-0.1, -0.05) is 48.5 Å². The van der Waals surface area contributed by atoms with Crippen LogP contribution in [0.25, 0.3) is 0 Å². The molecule has 0 fully saturated rings. The standard InChI is InChI=1S/C26H26F2N2O2.C2HF3O2/c27-21-9-5-10-24(14-21)32-17-23-13-18-6-1-2-8-20(18)16-30(23)26(31)15-22(29)12-19-7-3-4-11-25(19)28;3-2(4,5)1(6)7/h1-11,14,22-23H,12-13,15-17,29H2;(H,6,7). The number of fused-ring (bicyclic) bond motifs is 1. The van der Waals surface area contributed by atoms with Crippen molar-refractivity contribution in [1.29, 1.82) is 0 Å². The number of hydrogen-bond donors (Lipinski definition) is 2. The van der Waals surface area contributed by atoms with Gasteiger partial charge in [0, 0.05) is 25.1 Å². The molecule has 3 aromatic carbocycles. The minimum absolute atomic E-state index is 0.101. The minimum atomic E-state index is -5.08. The number of carbonyl (C=O) groups is 2. The molecule has 1 amide bonds. The molecule has 0 spiro atoms. The van der Waals surface area contributed by atoms with E-state index in [1.54, 1.807) is 35.2 Å². The molecule has 39 heavy (non-hydrogen) atoms. The summed E-state index contributed by atoms with van der Waals surface area (Å²) in [6, 6.07) is 19.7. The fraction of sp³-hybridized carbons (Fsp3) is 0.286. The molecule has 0 aromatic heterocycles. The Hall–Kier alpha value is -3.99. The Morgan fingerprint density at radius 3 is 2.28 bits per heavy atom. The Morgan fingerprint density at radius 1 is 1.00 bits per heavy atom. The van der Waals surface area contributed by atoms with Crippen molar-refractivity contribution >= 4 is 11.9 Å². The molecule has 0 aliphatic carbocycles. The van der Waals surface area contributed by atoms with Gasteiger partial charge in [-0.25, -0.2) is 13.6 Å². The number of carboxylic acids is 1. The Labute approximate surface area is 221 Å². The highest BCUT2D eigenvalue weighted by Gasteiger charge is 2.38. The Balaban J connectivity index is 0.000000532. The summed E-state index contributed by atoms with van der Waals surface area (Å²) < 4.78 is 65.0. The number of hydrogen-bond acceptors (Lipinski definition) is 4. The molecule has 0 bridgehead atoms. The summed E-state index contributed by atoms with van der Waals surface area (Å²) in [5, 5.41) is 7.12. The van der Waals surface area contributed by atoms with E-state index in [4.69, 9.17) is 20.4 Å². The molecule has 2 atom stereocenters. The van der Waals surface area contributed by atoms with Crippen molar-refractivity contribution in [2.24, 2.45) is 5.73 Å². The van der Waals surface area contributed by atoms with E-state index in [-0.39, 0.29) is 43.0 Å². The third-order valence-electron chi connectivity index (χ3n) is 6.03. The van der Waals surface area contributed by atoms with Gasteiger partial charge in [-0.15, -0.1) is 0 Å². The van der Waals surface area contributed by atoms with Gasteiger partial charge in [0.1, 0.15) is 24.0 Å². The lowest BCUT2D eigenvalue weighted by atomic mass is 9.93. The van der Waals surface area contributed by atoms with E-state index < -0.39 is 18.2 Å². The first-order chi connectivity index (χ1) is 18.4. The lowest BCUT2D eigenvalue weighted by Crippen LogP contribution is -2.48. The third-order valence-corrected chi connectivity index (χ3v) is 6.03. The maximum atomic E-state index is 14.0. The highest BCUT2D eigenvalue weighted by atomic mass is 19.4. The van der Waals surface area contributed by atoms with Crippen molar-refractivity contribution in [3.8, 4) is 5.75 Å². The second kappa shape index (κ2) is 13.2. The van der Waals surface area contributed by atoms with Crippen molar-refractivity contribution in [2.45, 2.75) is 44.1 Å². The summed E-state index contributed by atoms with van der Waals surface area (Å²) in [4.78, 5) is 23.9. The Kier molecular flexibility index (Phi) is 10.00. The van der Waals surface area contributed by atoms with E-state index in [1.807, 2.05) is 18.2 Å². The van der Waals surface area contributed by atoms with Gasteiger partial charge in [0.05, 0.1) is 6.04 Å². The largest absolute Gasteiger partial charge is 0.491 e. The number of carboxylic acid groups (broad SMARTS) is 1. The number of halogens is 5. The van der Waals surface area contributed by atoms with E-state index in [0.29, 0.717) is 24.3 Å². The predicted molar refractivity (Wildman–Crippen MR) is 133 cm³/mol.